The minimum atomic E-state index is -1.24. The molecule has 5 heteroatoms. The Hall–Kier alpha value is -3.21. The van der Waals surface area contributed by atoms with E-state index in [1.54, 1.807) is 37.3 Å². The first-order valence-electron chi connectivity index (χ1n) is 7.52. The minimum absolute atomic E-state index is 0.582. The third-order valence-electron chi connectivity index (χ3n) is 3.98. The maximum atomic E-state index is 12.7. The van der Waals surface area contributed by atoms with Crippen LogP contribution in [0.25, 0.3) is 6.08 Å². The summed E-state index contributed by atoms with van der Waals surface area (Å²) in [4.78, 5) is 37.8. The van der Waals surface area contributed by atoms with E-state index in [1.165, 1.54) is 6.08 Å². The van der Waals surface area contributed by atoms with Gasteiger partial charge in [-0.05, 0) is 24.1 Å². The van der Waals surface area contributed by atoms with Crippen LogP contribution < -0.4 is 5.32 Å². The summed E-state index contributed by atoms with van der Waals surface area (Å²) in [6.07, 6.45) is 2.80. The lowest BCUT2D eigenvalue weighted by Crippen LogP contribution is -2.41. The van der Waals surface area contributed by atoms with Crippen molar-refractivity contribution in [1.29, 1.82) is 0 Å². The van der Waals surface area contributed by atoms with Crippen LogP contribution in [0.3, 0.4) is 0 Å². The topological polar surface area (TPSA) is 66.5 Å². The molecule has 1 heterocycles. The quantitative estimate of drug-likeness (QED) is 0.698. The Labute approximate surface area is 139 Å². The van der Waals surface area contributed by atoms with Gasteiger partial charge in [-0.3, -0.25) is 9.59 Å². The molecule has 3 rings (SSSR count). The van der Waals surface area contributed by atoms with Gasteiger partial charge in [0.15, 0.2) is 0 Å². The Morgan fingerprint density at radius 2 is 1.58 bits per heavy atom. The van der Waals surface area contributed by atoms with Crippen molar-refractivity contribution in [3.05, 3.63) is 77.9 Å². The molecular formula is C19H16N2O3. The van der Waals surface area contributed by atoms with Crippen LogP contribution in [0.4, 0.5) is 4.79 Å². The first-order chi connectivity index (χ1) is 11.5. The molecule has 0 saturated carbocycles. The lowest BCUT2D eigenvalue weighted by Gasteiger charge is -2.21. The maximum Gasteiger partial charge on any atom is 0.332 e. The van der Waals surface area contributed by atoms with Crippen LogP contribution in [0.2, 0.25) is 0 Å². The molecule has 5 nitrogen and oxygen atoms in total. The van der Waals surface area contributed by atoms with Crippen LogP contribution in [0.15, 0.2) is 66.7 Å². The molecule has 1 unspecified atom stereocenters. The van der Waals surface area contributed by atoms with Crippen molar-refractivity contribution in [2.75, 3.05) is 0 Å². The van der Waals surface area contributed by atoms with Crippen LogP contribution in [0.1, 0.15) is 18.1 Å². The SMILES string of the molecule is CC1(c2ccccc2)NC(=O)N(C(=O)C=Cc2ccccc2)C1=O. The second-order valence-electron chi connectivity index (χ2n) is 5.64. The smallest absolute Gasteiger partial charge is 0.319 e. The van der Waals surface area contributed by atoms with E-state index in [1.807, 2.05) is 36.4 Å². The van der Waals surface area contributed by atoms with Gasteiger partial charge in [0.2, 0.25) is 0 Å². The first kappa shape index (κ1) is 15.7. The molecule has 0 aliphatic carbocycles. The second-order valence-corrected chi connectivity index (χ2v) is 5.64. The molecule has 1 atom stereocenters. The van der Waals surface area contributed by atoms with Crippen molar-refractivity contribution in [2.45, 2.75) is 12.5 Å². The number of carbonyl (C=O) groups excluding carboxylic acids is 3. The van der Waals surface area contributed by atoms with Crippen molar-refractivity contribution in [1.82, 2.24) is 10.2 Å². The highest BCUT2D eigenvalue weighted by molar-refractivity contribution is 6.21. The average Bonchev–Trinajstić information content (AvgIpc) is 2.84. The molecule has 0 aromatic heterocycles. The fourth-order valence-corrected chi connectivity index (χ4v) is 2.61. The van der Waals surface area contributed by atoms with E-state index < -0.39 is 23.4 Å². The molecular weight excluding hydrogens is 304 g/mol. The van der Waals surface area contributed by atoms with Crippen LogP contribution in [0.5, 0.6) is 0 Å². The van der Waals surface area contributed by atoms with Gasteiger partial charge < -0.3 is 5.32 Å². The Morgan fingerprint density at radius 1 is 1.00 bits per heavy atom. The maximum absolute atomic E-state index is 12.7. The molecule has 0 bridgehead atoms. The number of imide groups is 3. The van der Waals surface area contributed by atoms with Gasteiger partial charge in [-0.25, -0.2) is 4.79 Å². The molecule has 24 heavy (non-hydrogen) atoms. The summed E-state index contributed by atoms with van der Waals surface area (Å²) < 4.78 is 0. The fourth-order valence-electron chi connectivity index (χ4n) is 2.61. The molecule has 1 aliphatic heterocycles. The molecule has 0 radical (unpaired) electrons. The molecule has 4 amide bonds. The monoisotopic (exact) mass is 320 g/mol. The highest BCUT2D eigenvalue weighted by atomic mass is 16.2. The van der Waals surface area contributed by atoms with Gasteiger partial charge in [-0.2, -0.15) is 4.90 Å². The average molecular weight is 320 g/mol. The van der Waals surface area contributed by atoms with Gasteiger partial charge in [-0.15, -0.1) is 0 Å². The summed E-state index contributed by atoms with van der Waals surface area (Å²) in [6, 6.07) is 17.3. The molecule has 1 saturated heterocycles. The summed E-state index contributed by atoms with van der Waals surface area (Å²) in [6.45, 7) is 1.59. The number of urea groups is 1. The molecule has 120 valence electrons. The third-order valence-corrected chi connectivity index (χ3v) is 3.98. The van der Waals surface area contributed by atoms with Crippen molar-refractivity contribution >= 4 is 23.9 Å². The highest BCUT2D eigenvalue weighted by Crippen LogP contribution is 2.28. The summed E-state index contributed by atoms with van der Waals surface area (Å²) in [5.74, 6) is -1.25. The summed E-state index contributed by atoms with van der Waals surface area (Å²) >= 11 is 0. The number of hydrogen-bond donors (Lipinski definition) is 1. The number of nitrogens with one attached hydrogen (secondary N) is 1. The predicted octanol–water partition coefficient (Wildman–Crippen LogP) is 2.69. The predicted molar refractivity (Wildman–Crippen MR) is 89.7 cm³/mol. The van der Waals surface area contributed by atoms with E-state index in [-0.39, 0.29) is 0 Å². The highest BCUT2D eigenvalue weighted by Gasteiger charge is 2.51. The zero-order valence-corrected chi connectivity index (χ0v) is 13.1. The molecule has 2 aromatic rings. The van der Waals surface area contributed by atoms with Crippen LogP contribution in [-0.4, -0.2) is 22.7 Å². The van der Waals surface area contributed by atoms with Crippen molar-refractivity contribution in [3.8, 4) is 0 Å². The Kier molecular flexibility index (Phi) is 4.00. The first-order valence-corrected chi connectivity index (χ1v) is 7.52. The lowest BCUT2D eigenvalue weighted by molar-refractivity contribution is -0.139. The number of benzene rings is 2. The Bertz CT molecular complexity index is 815. The molecule has 1 N–H and O–H groups in total. The zero-order valence-electron chi connectivity index (χ0n) is 13.1. The van der Waals surface area contributed by atoms with Crippen LogP contribution in [-0.2, 0) is 15.1 Å². The van der Waals surface area contributed by atoms with E-state index in [0.717, 1.165) is 5.56 Å². The van der Waals surface area contributed by atoms with Gasteiger partial charge in [0, 0.05) is 6.08 Å². The van der Waals surface area contributed by atoms with E-state index >= 15 is 0 Å². The van der Waals surface area contributed by atoms with E-state index in [0.29, 0.717) is 10.5 Å². The van der Waals surface area contributed by atoms with E-state index in [2.05, 4.69) is 5.32 Å². The number of hydrogen-bond acceptors (Lipinski definition) is 3. The van der Waals surface area contributed by atoms with Gasteiger partial charge in [0.1, 0.15) is 5.54 Å². The molecule has 0 spiro atoms. The van der Waals surface area contributed by atoms with Gasteiger partial charge in [0.25, 0.3) is 11.8 Å². The van der Waals surface area contributed by atoms with E-state index in [9.17, 15) is 14.4 Å². The van der Waals surface area contributed by atoms with Gasteiger partial charge >= 0.3 is 6.03 Å². The molecule has 1 aliphatic rings. The van der Waals surface area contributed by atoms with Crippen molar-refractivity contribution < 1.29 is 14.4 Å². The minimum Gasteiger partial charge on any atom is -0.319 e. The number of amides is 4. The number of carbonyl (C=O) groups is 3. The summed E-state index contributed by atoms with van der Waals surface area (Å²) in [7, 11) is 0. The number of rotatable bonds is 3. The van der Waals surface area contributed by atoms with Gasteiger partial charge in [-0.1, -0.05) is 60.7 Å². The standard InChI is InChI=1S/C19H16N2O3/c1-19(15-10-6-3-7-11-15)17(23)21(18(24)20-19)16(22)13-12-14-8-4-2-5-9-14/h2-13H,1H3,(H,20,24). The fraction of sp³-hybridized carbons (Fsp3) is 0.105. The lowest BCUT2D eigenvalue weighted by atomic mass is 9.92. The Morgan fingerprint density at radius 3 is 2.21 bits per heavy atom. The largest absolute Gasteiger partial charge is 0.332 e. The molecule has 1 fully saturated rings. The summed E-state index contributed by atoms with van der Waals surface area (Å²) in [5, 5.41) is 2.61. The zero-order chi connectivity index (χ0) is 17.2. The van der Waals surface area contributed by atoms with Crippen LogP contribution in [0, 0.1) is 0 Å². The summed E-state index contributed by atoms with van der Waals surface area (Å²) in [5.41, 5.74) is 0.198. The third kappa shape index (κ3) is 2.72. The normalized spacial score (nSPS) is 20.5. The second kappa shape index (κ2) is 6.12. The number of nitrogens with zero attached hydrogens (tertiary/aromatic N) is 1. The van der Waals surface area contributed by atoms with Crippen molar-refractivity contribution in [3.63, 3.8) is 0 Å². The van der Waals surface area contributed by atoms with E-state index in [4.69, 9.17) is 0 Å². The van der Waals surface area contributed by atoms with Gasteiger partial charge in [0.05, 0.1) is 0 Å². The Balaban J connectivity index is 1.84. The van der Waals surface area contributed by atoms with Crippen molar-refractivity contribution in [2.24, 2.45) is 0 Å². The molecule has 2 aromatic carbocycles. The van der Waals surface area contributed by atoms with Crippen LogP contribution >= 0.6 is 0 Å².